The molecule has 0 aliphatic carbocycles. The van der Waals surface area contributed by atoms with Gasteiger partial charge in [0.15, 0.2) is 0 Å². The monoisotopic (exact) mass is 209 g/mol. The van der Waals surface area contributed by atoms with E-state index in [1.165, 1.54) is 4.80 Å². The molecule has 2 N–H and O–H groups in total. The Morgan fingerprint density at radius 2 is 2.21 bits per heavy atom. The van der Waals surface area contributed by atoms with Gasteiger partial charge in [0.25, 0.3) is 0 Å². The quantitative estimate of drug-likeness (QED) is 0.715. The minimum atomic E-state index is 0.511. The van der Waals surface area contributed by atoms with Crippen LogP contribution >= 0.6 is 11.6 Å². The van der Waals surface area contributed by atoms with E-state index in [1.807, 2.05) is 0 Å². The van der Waals surface area contributed by atoms with Gasteiger partial charge in [-0.15, -0.1) is 10.2 Å². The standard InChI is InChI=1S/C8H8ClN5/c1-14-12-8(11-13-14)5-2-3-6(9)7(10)4-5/h2-4H,10H2,1H3. The number of rotatable bonds is 1. The van der Waals surface area contributed by atoms with Crippen LogP contribution < -0.4 is 5.73 Å². The highest BCUT2D eigenvalue weighted by atomic mass is 35.5. The van der Waals surface area contributed by atoms with E-state index >= 15 is 0 Å². The van der Waals surface area contributed by atoms with Gasteiger partial charge in [-0.2, -0.15) is 4.80 Å². The van der Waals surface area contributed by atoms with Crippen molar-refractivity contribution in [2.24, 2.45) is 7.05 Å². The van der Waals surface area contributed by atoms with Gasteiger partial charge in [-0.25, -0.2) is 0 Å². The molecule has 1 aromatic heterocycles. The van der Waals surface area contributed by atoms with E-state index in [-0.39, 0.29) is 0 Å². The molecule has 0 unspecified atom stereocenters. The lowest BCUT2D eigenvalue weighted by molar-refractivity contribution is 0.630. The molecule has 0 aliphatic rings. The third-order valence-electron chi connectivity index (χ3n) is 1.76. The lowest BCUT2D eigenvalue weighted by Gasteiger charge is -1.98. The van der Waals surface area contributed by atoms with Crippen LogP contribution in [0, 0.1) is 0 Å². The van der Waals surface area contributed by atoms with Crippen LogP contribution in [0.2, 0.25) is 5.02 Å². The lowest BCUT2D eigenvalue weighted by Crippen LogP contribution is -1.92. The number of aryl methyl sites for hydroxylation is 1. The first kappa shape index (κ1) is 8.96. The van der Waals surface area contributed by atoms with Crippen LogP contribution in [0.1, 0.15) is 0 Å². The number of benzene rings is 1. The Morgan fingerprint density at radius 1 is 1.43 bits per heavy atom. The molecule has 1 aromatic carbocycles. The van der Waals surface area contributed by atoms with Gasteiger partial charge in [0, 0.05) is 5.56 Å². The molecule has 0 fully saturated rings. The Labute approximate surface area is 85.5 Å². The molecule has 1 heterocycles. The molecule has 0 radical (unpaired) electrons. The van der Waals surface area contributed by atoms with E-state index in [1.54, 1.807) is 25.2 Å². The molecule has 0 bridgehead atoms. The minimum absolute atomic E-state index is 0.511. The highest BCUT2D eigenvalue weighted by molar-refractivity contribution is 6.33. The summed E-state index contributed by atoms with van der Waals surface area (Å²) in [5, 5.41) is 12.2. The van der Waals surface area contributed by atoms with Crippen molar-refractivity contribution >= 4 is 17.3 Å². The summed E-state index contributed by atoms with van der Waals surface area (Å²) >= 11 is 5.79. The molecule has 0 saturated heterocycles. The van der Waals surface area contributed by atoms with Gasteiger partial charge in [-0.1, -0.05) is 11.6 Å². The van der Waals surface area contributed by atoms with Crippen LogP contribution in [0.4, 0.5) is 5.69 Å². The maximum absolute atomic E-state index is 5.79. The fraction of sp³-hybridized carbons (Fsp3) is 0.125. The number of hydrogen-bond donors (Lipinski definition) is 1. The van der Waals surface area contributed by atoms with E-state index < -0.39 is 0 Å². The van der Waals surface area contributed by atoms with E-state index in [9.17, 15) is 0 Å². The first-order valence-corrected chi connectivity index (χ1v) is 4.34. The number of aromatic nitrogens is 4. The average Bonchev–Trinajstić information content (AvgIpc) is 2.57. The van der Waals surface area contributed by atoms with Crippen LogP contribution in [-0.2, 0) is 7.05 Å². The summed E-state index contributed by atoms with van der Waals surface area (Å²) in [5.74, 6) is 0.538. The number of tetrazole rings is 1. The topological polar surface area (TPSA) is 69.6 Å². The van der Waals surface area contributed by atoms with Crippen molar-refractivity contribution < 1.29 is 0 Å². The predicted molar refractivity (Wildman–Crippen MR) is 53.7 cm³/mol. The van der Waals surface area contributed by atoms with Crippen molar-refractivity contribution in [1.29, 1.82) is 0 Å². The molecule has 2 rings (SSSR count). The summed E-state index contributed by atoms with van der Waals surface area (Å²) in [6.45, 7) is 0. The van der Waals surface area contributed by atoms with E-state index in [0.29, 0.717) is 16.5 Å². The summed E-state index contributed by atoms with van der Waals surface area (Å²) < 4.78 is 0. The van der Waals surface area contributed by atoms with Gasteiger partial charge in [0.2, 0.25) is 5.82 Å². The van der Waals surface area contributed by atoms with Gasteiger partial charge in [-0.05, 0) is 23.4 Å². The minimum Gasteiger partial charge on any atom is -0.398 e. The zero-order valence-electron chi connectivity index (χ0n) is 7.48. The third kappa shape index (κ3) is 1.54. The lowest BCUT2D eigenvalue weighted by atomic mass is 10.2. The molecule has 0 aliphatic heterocycles. The average molecular weight is 210 g/mol. The molecule has 5 nitrogen and oxygen atoms in total. The van der Waals surface area contributed by atoms with Crippen molar-refractivity contribution in [3.05, 3.63) is 23.2 Å². The molecule has 0 saturated carbocycles. The van der Waals surface area contributed by atoms with Gasteiger partial charge in [0.1, 0.15) is 0 Å². The van der Waals surface area contributed by atoms with Gasteiger partial charge in [-0.3, -0.25) is 0 Å². The Kier molecular flexibility index (Phi) is 2.09. The fourth-order valence-electron chi connectivity index (χ4n) is 1.08. The van der Waals surface area contributed by atoms with Crippen LogP contribution in [0.15, 0.2) is 18.2 Å². The second-order valence-corrected chi connectivity index (χ2v) is 3.25. The molecular formula is C8H8ClN5. The molecule has 0 spiro atoms. The summed E-state index contributed by atoms with van der Waals surface area (Å²) in [6.07, 6.45) is 0. The van der Waals surface area contributed by atoms with Crippen molar-refractivity contribution in [3.8, 4) is 11.4 Å². The molecular weight excluding hydrogens is 202 g/mol. The molecule has 0 atom stereocenters. The normalized spacial score (nSPS) is 10.4. The highest BCUT2D eigenvalue weighted by Gasteiger charge is 2.05. The molecule has 72 valence electrons. The number of nitrogen functional groups attached to an aromatic ring is 1. The number of anilines is 1. The van der Waals surface area contributed by atoms with Gasteiger partial charge in [0.05, 0.1) is 17.8 Å². The molecule has 0 amide bonds. The zero-order valence-corrected chi connectivity index (χ0v) is 8.23. The van der Waals surface area contributed by atoms with E-state index in [4.69, 9.17) is 17.3 Å². The maximum Gasteiger partial charge on any atom is 0.204 e. The smallest absolute Gasteiger partial charge is 0.204 e. The van der Waals surface area contributed by atoms with Crippen LogP contribution in [0.25, 0.3) is 11.4 Å². The summed E-state index contributed by atoms with van der Waals surface area (Å²) in [5.41, 5.74) is 6.97. The third-order valence-corrected chi connectivity index (χ3v) is 2.11. The second kappa shape index (κ2) is 3.26. The molecule has 6 heteroatoms. The number of nitrogens with zero attached hydrogens (tertiary/aromatic N) is 4. The largest absolute Gasteiger partial charge is 0.398 e. The Balaban J connectivity index is 2.47. The summed E-state index contributed by atoms with van der Waals surface area (Å²) in [6, 6.07) is 5.23. The van der Waals surface area contributed by atoms with E-state index in [0.717, 1.165) is 5.56 Å². The summed E-state index contributed by atoms with van der Waals surface area (Å²) in [7, 11) is 1.70. The number of halogens is 1. The van der Waals surface area contributed by atoms with Crippen molar-refractivity contribution in [2.45, 2.75) is 0 Å². The van der Waals surface area contributed by atoms with Gasteiger partial charge < -0.3 is 5.73 Å². The van der Waals surface area contributed by atoms with Crippen LogP contribution in [0.3, 0.4) is 0 Å². The predicted octanol–water partition coefficient (Wildman–Crippen LogP) is 1.11. The van der Waals surface area contributed by atoms with E-state index in [2.05, 4.69) is 15.4 Å². The first-order chi connectivity index (χ1) is 6.66. The molecule has 2 aromatic rings. The van der Waals surface area contributed by atoms with Gasteiger partial charge >= 0.3 is 0 Å². The van der Waals surface area contributed by atoms with Crippen molar-refractivity contribution in [2.75, 3.05) is 5.73 Å². The number of nitrogens with two attached hydrogens (primary N) is 1. The van der Waals surface area contributed by atoms with Crippen LogP contribution in [0.5, 0.6) is 0 Å². The second-order valence-electron chi connectivity index (χ2n) is 2.84. The van der Waals surface area contributed by atoms with Crippen molar-refractivity contribution in [1.82, 2.24) is 20.2 Å². The first-order valence-electron chi connectivity index (χ1n) is 3.96. The van der Waals surface area contributed by atoms with Crippen molar-refractivity contribution in [3.63, 3.8) is 0 Å². The molecule has 14 heavy (non-hydrogen) atoms. The van der Waals surface area contributed by atoms with Crippen LogP contribution in [-0.4, -0.2) is 20.2 Å². The fourth-order valence-corrected chi connectivity index (χ4v) is 1.20. The Hall–Kier alpha value is -1.62. The summed E-state index contributed by atoms with van der Waals surface area (Å²) in [4.78, 5) is 1.39. The SMILES string of the molecule is Cn1nnc(-c2ccc(Cl)c(N)c2)n1. The highest BCUT2D eigenvalue weighted by Crippen LogP contribution is 2.23. The number of hydrogen-bond acceptors (Lipinski definition) is 4. The zero-order chi connectivity index (χ0) is 10.1. The Morgan fingerprint density at radius 3 is 2.79 bits per heavy atom. The maximum atomic E-state index is 5.79. The Bertz CT molecular complexity index is 465.